The number of fused-ring (bicyclic) bond motifs is 1. The molecular weight excluding hydrogens is 534 g/mol. The number of benzene rings is 3. The average molecular weight is 568 g/mol. The average Bonchev–Trinajstić information content (AvgIpc) is 3.03. The van der Waals surface area contributed by atoms with E-state index in [0.717, 1.165) is 63.2 Å². The number of carbonyl (C=O) groups excluding carboxylic acids is 1. The Bertz CT molecular complexity index is 1830. The lowest BCUT2D eigenvalue weighted by Crippen LogP contribution is -2.58. The zero-order chi connectivity index (χ0) is 30.1. The van der Waals surface area contributed by atoms with E-state index in [0.29, 0.717) is 11.1 Å². The lowest BCUT2D eigenvalue weighted by Gasteiger charge is -2.45. The first-order chi connectivity index (χ1) is 20.9. The van der Waals surface area contributed by atoms with E-state index >= 15 is 0 Å². The van der Waals surface area contributed by atoms with Gasteiger partial charge in [-0.15, -0.1) is 0 Å². The fourth-order valence-electron chi connectivity index (χ4n) is 6.19. The van der Waals surface area contributed by atoms with E-state index in [1.165, 1.54) is 0 Å². The minimum atomic E-state index is 0.0319. The molecule has 5 aromatic rings. The maximum absolute atomic E-state index is 13.3. The Balaban J connectivity index is 1.25. The summed E-state index contributed by atoms with van der Waals surface area (Å²) < 4.78 is 5.96. The van der Waals surface area contributed by atoms with Crippen LogP contribution in [0.2, 0.25) is 0 Å². The lowest BCUT2D eigenvalue weighted by molar-refractivity contribution is 0.0574. The van der Waals surface area contributed by atoms with Crippen molar-refractivity contribution in [2.75, 3.05) is 25.1 Å². The van der Waals surface area contributed by atoms with Crippen LogP contribution in [0.4, 0.5) is 5.69 Å². The van der Waals surface area contributed by atoms with Crippen LogP contribution < -0.4 is 9.64 Å². The number of rotatable bonds is 5. The molecule has 3 heterocycles. The number of methoxy groups -OCH3 is 1. The number of carbonyl (C=O) groups is 1. The molecule has 0 radical (unpaired) electrons. The zero-order valence-corrected chi connectivity index (χ0v) is 24.8. The summed E-state index contributed by atoms with van der Waals surface area (Å²) in [4.78, 5) is 26.8. The predicted octanol–water partition coefficient (Wildman–Crippen LogP) is 6.89. The fraction of sp³-hybridized carbons (Fsp3) is 0.222. The van der Waals surface area contributed by atoms with E-state index in [9.17, 15) is 10.1 Å². The summed E-state index contributed by atoms with van der Waals surface area (Å²) >= 11 is 0. The van der Waals surface area contributed by atoms with Crippen molar-refractivity contribution in [3.8, 4) is 34.1 Å². The van der Waals surface area contributed by atoms with Gasteiger partial charge in [0.2, 0.25) is 0 Å². The molecular formula is C36H33N5O2. The van der Waals surface area contributed by atoms with Crippen molar-refractivity contribution in [2.24, 2.45) is 0 Å². The third-order valence-corrected chi connectivity index (χ3v) is 8.20. The molecule has 1 amide bonds. The summed E-state index contributed by atoms with van der Waals surface area (Å²) in [5, 5.41) is 10.1. The van der Waals surface area contributed by atoms with E-state index in [1.54, 1.807) is 19.5 Å². The van der Waals surface area contributed by atoms with Crippen LogP contribution >= 0.6 is 0 Å². The van der Waals surface area contributed by atoms with Crippen LogP contribution in [0.1, 0.15) is 35.3 Å². The smallest absolute Gasteiger partial charge is 0.256 e. The Kier molecular flexibility index (Phi) is 7.52. The van der Waals surface area contributed by atoms with Crippen molar-refractivity contribution in [1.82, 2.24) is 14.9 Å². The first-order valence-electron chi connectivity index (χ1n) is 14.4. The number of hydrogen-bond donors (Lipinski definition) is 0. The van der Waals surface area contributed by atoms with Crippen molar-refractivity contribution in [1.29, 1.82) is 5.26 Å². The SMILES string of the molecule is COc1c(-c2ccc(N3CC(C)N(C(=O)c4cncc(C)c4)[C@H](C)C3)cc2)cnc2c(-c3ccc(C#N)cc3)cccc12. The van der Waals surface area contributed by atoms with Crippen molar-refractivity contribution in [2.45, 2.75) is 32.9 Å². The molecule has 0 spiro atoms. The van der Waals surface area contributed by atoms with Gasteiger partial charge < -0.3 is 14.5 Å². The molecule has 0 aliphatic carbocycles. The number of amides is 1. The lowest BCUT2D eigenvalue weighted by atomic mass is 9.97. The van der Waals surface area contributed by atoms with Gasteiger partial charge in [-0.05, 0) is 73.9 Å². The normalized spacial score (nSPS) is 16.6. The monoisotopic (exact) mass is 567 g/mol. The number of aryl methyl sites for hydroxylation is 1. The third kappa shape index (κ3) is 5.28. The summed E-state index contributed by atoms with van der Waals surface area (Å²) in [6.07, 6.45) is 5.30. The van der Waals surface area contributed by atoms with Crippen LogP contribution in [-0.4, -0.2) is 53.1 Å². The number of nitrogens with zero attached hydrogens (tertiary/aromatic N) is 5. The molecule has 214 valence electrons. The second-order valence-electron chi connectivity index (χ2n) is 11.2. The zero-order valence-electron chi connectivity index (χ0n) is 24.8. The van der Waals surface area contributed by atoms with Crippen LogP contribution in [0.5, 0.6) is 5.75 Å². The molecule has 2 aromatic heterocycles. The Morgan fingerprint density at radius 2 is 1.58 bits per heavy atom. The molecule has 1 aliphatic heterocycles. The molecule has 0 bridgehead atoms. The van der Waals surface area contributed by atoms with Crippen LogP contribution in [0, 0.1) is 18.3 Å². The highest BCUT2D eigenvalue weighted by Gasteiger charge is 2.33. The van der Waals surface area contributed by atoms with Gasteiger partial charge in [0.1, 0.15) is 5.75 Å². The minimum absolute atomic E-state index is 0.0319. The van der Waals surface area contributed by atoms with Gasteiger partial charge in [0.15, 0.2) is 0 Å². The van der Waals surface area contributed by atoms with Crippen LogP contribution in [0.15, 0.2) is 91.4 Å². The Hall–Kier alpha value is -5.22. The van der Waals surface area contributed by atoms with Crippen molar-refractivity contribution in [3.63, 3.8) is 0 Å². The van der Waals surface area contributed by atoms with E-state index < -0.39 is 0 Å². The first kappa shape index (κ1) is 27.9. The summed E-state index contributed by atoms with van der Waals surface area (Å²) in [5.74, 6) is 0.803. The Morgan fingerprint density at radius 1 is 0.907 bits per heavy atom. The van der Waals surface area contributed by atoms with Crippen LogP contribution in [-0.2, 0) is 0 Å². The molecule has 1 aliphatic rings. The highest BCUT2D eigenvalue weighted by atomic mass is 16.5. The van der Waals surface area contributed by atoms with Gasteiger partial charge in [-0.1, -0.05) is 36.4 Å². The molecule has 7 heteroatoms. The van der Waals surface area contributed by atoms with Crippen LogP contribution in [0.3, 0.4) is 0 Å². The second-order valence-corrected chi connectivity index (χ2v) is 11.2. The van der Waals surface area contributed by atoms with Gasteiger partial charge in [-0.2, -0.15) is 5.26 Å². The second kappa shape index (κ2) is 11.6. The van der Waals surface area contributed by atoms with Gasteiger partial charge in [-0.25, -0.2) is 0 Å². The van der Waals surface area contributed by atoms with Gasteiger partial charge in [0.05, 0.1) is 29.8 Å². The molecule has 2 atom stereocenters. The van der Waals surface area contributed by atoms with Gasteiger partial charge >= 0.3 is 0 Å². The number of aromatic nitrogens is 2. The fourth-order valence-corrected chi connectivity index (χ4v) is 6.19. The molecule has 1 saturated heterocycles. The molecule has 0 N–H and O–H groups in total. The third-order valence-electron chi connectivity index (χ3n) is 8.20. The quantitative estimate of drug-likeness (QED) is 0.230. The van der Waals surface area contributed by atoms with E-state index in [1.807, 2.05) is 66.6 Å². The molecule has 1 fully saturated rings. The summed E-state index contributed by atoms with van der Waals surface area (Å²) in [7, 11) is 1.69. The largest absolute Gasteiger partial charge is 0.495 e. The summed E-state index contributed by atoms with van der Waals surface area (Å²) in [6.45, 7) is 7.66. The van der Waals surface area contributed by atoms with Gasteiger partial charge in [-0.3, -0.25) is 14.8 Å². The summed E-state index contributed by atoms with van der Waals surface area (Å²) in [5.41, 5.74) is 8.12. The van der Waals surface area contributed by atoms with Gasteiger partial charge in [0, 0.05) is 66.0 Å². The number of para-hydroxylation sites is 1. The number of hydrogen-bond acceptors (Lipinski definition) is 6. The van der Waals surface area contributed by atoms with Gasteiger partial charge in [0.25, 0.3) is 5.91 Å². The maximum atomic E-state index is 13.3. The number of piperazine rings is 1. The number of nitriles is 1. The molecule has 43 heavy (non-hydrogen) atoms. The van der Waals surface area contributed by atoms with E-state index in [-0.39, 0.29) is 18.0 Å². The van der Waals surface area contributed by atoms with E-state index in [4.69, 9.17) is 9.72 Å². The molecule has 3 aromatic carbocycles. The number of anilines is 1. The topological polar surface area (TPSA) is 82.3 Å². The highest BCUT2D eigenvalue weighted by molar-refractivity contribution is 6.00. The summed E-state index contributed by atoms with van der Waals surface area (Å²) in [6, 6.07) is 26.3. The maximum Gasteiger partial charge on any atom is 0.256 e. The number of pyridine rings is 2. The van der Waals surface area contributed by atoms with Crippen LogP contribution in [0.25, 0.3) is 33.2 Å². The van der Waals surface area contributed by atoms with Crippen molar-refractivity contribution in [3.05, 3.63) is 108 Å². The van der Waals surface area contributed by atoms with Crippen molar-refractivity contribution >= 4 is 22.5 Å². The molecule has 7 nitrogen and oxygen atoms in total. The molecule has 0 saturated carbocycles. The highest BCUT2D eigenvalue weighted by Crippen LogP contribution is 2.39. The standard InChI is InChI=1S/C36H33N5O2/c1-23-16-29(19-38-18-23)36(42)41-24(2)21-40(22-25(41)3)30-14-12-28(13-15-30)33-20-39-34-31(6-5-7-32(34)35(33)43-4)27-10-8-26(17-37)9-11-27/h5-16,18-20,24-25H,21-22H2,1-4H3/t24-,25?/m1/s1. The number of ether oxygens (including phenoxy) is 1. The van der Waals surface area contributed by atoms with Crippen molar-refractivity contribution < 1.29 is 9.53 Å². The molecule has 1 unspecified atom stereocenters. The Morgan fingerprint density at radius 3 is 2.23 bits per heavy atom. The minimum Gasteiger partial charge on any atom is -0.495 e. The van der Waals surface area contributed by atoms with E-state index in [2.05, 4.69) is 54.1 Å². The Labute approximate surface area is 252 Å². The molecule has 6 rings (SSSR count). The predicted molar refractivity (Wildman–Crippen MR) is 170 cm³/mol. The first-order valence-corrected chi connectivity index (χ1v) is 14.4.